The lowest BCUT2D eigenvalue weighted by Gasteiger charge is -2.17. The summed E-state index contributed by atoms with van der Waals surface area (Å²) in [6, 6.07) is 13.7. The van der Waals surface area contributed by atoms with E-state index in [-0.39, 0.29) is 6.04 Å². The van der Waals surface area contributed by atoms with Gasteiger partial charge in [0.05, 0.1) is 14.2 Å². The van der Waals surface area contributed by atoms with Crippen LogP contribution in [-0.4, -0.2) is 14.2 Å². The molecule has 1 atom stereocenters. The molecule has 106 valence electrons. The third-order valence-electron chi connectivity index (χ3n) is 3.10. The molecule has 0 aliphatic carbocycles. The Balaban J connectivity index is 2.18. The van der Waals surface area contributed by atoms with Crippen LogP contribution in [0.4, 0.5) is 5.69 Å². The van der Waals surface area contributed by atoms with Crippen LogP contribution < -0.4 is 14.8 Å². The van der Waals surface area contributed by atoms with Crippen molar-refractivity contribution in [2.24, 2.45) is 0 Å². The maximum Gasteiger partial charge on any atom is 0.124 e. The Hall–Kier alpha value is -1.87. The average molecular weight is 292 g/mol. The van der Waals surface area contributed by atoms with Crippen molar-refractivity contribution < 1.29 is 9.47 Å². The molecule has 0 saturated heterocycles. The van der Waals surface area contributed by atoms with Crippen molar-refractivity contribution in [1.82, 2.24) is 0 Å². The minimum Gasteiger partial charge on any atom is -0.497 e. The van der Waals surface area contributed by atoms with Crippen LogP contribution in [0.25, 0.3) is 0 Å². The Morgan fingerprint density at radius 2 is 1.50 bits per heavy atom. The van der Waals surface area contributed by atoms with Crippen LogP contribution in [0.15, 0.2) is 42.5 Å². The van der Waals surface area contributed by atoms with E-state index in [1.54, 1.807) is 14.2 Å². The molecule has 20 heavy (non-hydrogen) atoms. The molecular formula is C16H18ClNO2. The second-order valence-electron chi connectivity index (χ2n) is 4.52. The molecular weight excluding hydrogens is 274 g/mol. The number of rotatable bonds is 5. The first kappa shape index (κ1) is 14.5. The van der Waals surface area contributed by atoms with Crippen LogP contribution in [0.5, 0.6) is 11.5 Å². The smallest absolute Gasteiger partial charge is 0.124 e. The quantitative estimate of drug-likeness (QED) is 0.878. The third kappa shape index (κ3) is 3.58. The minimum absolute atomic E-state index is 0.157. The van der Waals surface area contributed by atoms with Gasteiger partial charge in [-0.2, -0.15) is 0 Å². The van der Waals surface area contributed by atoms with E-state index in [0.717, 1.165) is 27.8 Å². The van der Waals surface area contributed by atoms with E-state index in [9.17, 15) is 0 Å². The van der Waals surface area contributed by atoms with Gasteiger partial charge >= 0.3 is 0 Å². The Morgan fingerprint density at radius 3 is 2.00 bits per heavy atom. The van der Waals surface area contributed by atoms with Crippen LogP contribution >= 0.6 is 11.6 Å². The highest BCUT2D eigenvalue weighted by Crippen LogP contribution is 2.28. The highest BCUT2D eigenvalue weighted by Gasteiger charge is 2.07. The fourth-order valence-corrected chi connectivity index (χ4v) is 2.10. The van der Waals surface area contributed by atoms with E-state index in [4.69, 9.17) is 21.1 Å². The topological polar surface area (TPSA) is 30.5 Å². The van der Waals surface area contributed by atoms with E-state index in [1.807, 2.05) is 42.5 Å². The summed E-state index contributed by atoms with van der Waals surface area (Å²) in [7, 11) is 3.28. The zero-order chi connectivity index (χ0) is 14.5. The number of hydrogen-bond donors (Lipinski definition) is 1. The molecule has 0 radical (unpaired) electrons. The van der Waals surface area contributed by atoms with Gasteiger partial charge in [0, 0.05) is 35.0 Å². The summed E-state index contributed by atoms with van der Waals surface area (Å²) in [5, 5.41) is 4.16. The minimum atomic E-state index is 0.157. The van der Waals surface area contributed by atoms with Gasteiger partial charge in [0.25, 0.3) is 0 Å². The summed E-state index contributed by atoms with van der Waals surface area (Å²) in [5.41, 5.74) is 2.11. The summed E-state index contributed by atoms with van der Waals surface area (Å²) >= 11 is 5.90. The maximum absolute atomic E-state index is 5.90. The molecule has 1 unspecified atom stereocenters. The molecule has 3 nitrogen and oxygen atoms in total. The van der Waals surface area contributed by atoms with Gasteiger partial charge in [-0.3, -0.25) is 0 Å². The Morgan fingerprint density at radius 1 is 0.950 bits per heavy atom. The van der Waals surface area contributed by atoms with Gasteiger partial charge in [0.15, 0.2) is 0 Å². The van der Waals surface area contributed by atoms with Gasteiger partial charge in [-0.05, 0) is 24.6 Å². The number of anilines is 1. The molecule has 1 N–H and O–H groups in total. The molecule has 0 aliphatic heterocycles. The van der Waals surface area contributed by atoms with E-state index in [2.05, 4.69) is 12.2 Å². The van der Waals surface area contributed by atoms with Gasteiger partial charge < -0.3 is 14.8 Å². The van der Waals surface area contributed by atoms with Crippen LogP contribution in [0.2, 0.25) is 5.02 Å². The molecule has 0 bridgehead atoms. The normalized spacial score (nSPS) is 11.8. The molecule has 0 saturated carbocycles. The Bertz CT molecular complexity index is 547. The second kappa shape index (κ2) is 6.53. The van der Waals surface area contributed by atoms with Crippen molar-refractivity contribution >= 4 is 17.3 Å². The lowest BCUT2D eigenvalue weighted by molar-refractivity contribution is 0.394. The monoisotopic (exact) mass is 291 g/mol. The average Bonchev–Trinajstić information content (AvgIpc) is 2.47. The Kier molecular flexibility index (Phi) is 4.74. The standard InChI is InChI=1S/C16H18ClNO2/c1-11(12-4-6-13(17)7-5-12)18-14-8-15(19-2)10-16(9-14)20-3/h4-11,18H,1-3H3. The van der Waals surface area contributed by atoms with Crippen LogP contribution in [0, 0.1) is 0 Å². The van der Waals surface area contributed by atoms with Crippen molar-refractivity contribution in [3.8, 4) is 11.5 Å². The van der Waals surface area contributed by atoms with Gasteiger partial charge in [-0.1, -0.05) is 23.7 Å². The van der Waals surface area contributed by atoms with E-state index >= 15 is 0 Å². The van der Waals surface area contributed by atoms with E-state index < -0.39 is 0 Å². The number of hydrogen-bond acceptors (Lipinski definition) is 3. The predicted octanol–water partition coefficient (Wildman–Crippen LogP) is 4.53. The predicted molar refractivity (Wildman–Crippen MR) is 83.0 cm³/mol. The van der Waals surface area contributed by atoms with Crippen molar-refractivity contribution in [3.05, 3.63) is 53.1 Å². The molecule has 0 fully saturated rings. The zero-order valence-electron chi connectivity index (χ0n) is 11.8. The lowest BCUT2D eigenvalue weighted by Crippen LogP contribution is -2.06. The molecule has 2 rings (SSSR count). The number of benzene rings is 2. The first-order valence-corrected chi connectivity index (χ1v) is 6.75. The third-order valence-corrected chi connectivity index (χ3v) is 3.36. The van der Waals surface area contributed by atoms with E-state index in [1.165, 1.54) is 0 Å². The van der Waals surface area contributed by atoms with Crippen LogP contribution in [0.3, 0.4) is 0 Å². The second-order valence-corrected chi connectivity index (χ2v) is 4.96. The maximum atomic E-state index is 5.90. The lowest BCUT2D eigenvalue weighted by atomic mass is 10.1. The fraction of sp³-hybridized carbons (Fsp3) is 0.250. The molecule has 0 aromatic heterocycles. The van der Waals surface area contributed by atoms with Crippen molar-refractivity contribution in [3.63, 3.8) is 0 Å². The zero-order valence-corrected chi connectivity index (χ0v) is 12.6. The van der Waals surface area contributed by atoms with Crippen molar-refractivity contribution in [2.75, 3.05) is 19.5 Å². The van der Waals surface area contributed by atoms with Crippen LogP contribution in [-0.2, 0) is 0 Å². The molecule has 0 aliphatic rings. The number of methoxy groups -OCH3 is 2. The Labute approximate surface area is 124 Å². The molecule has 2 aromatic carbocycles. The highest BCUT2D eigenvalue weighted by molar-refractivity contribution is 6.30. The van der Waals surface area contributed by atoms with Gasteiger partial charge in [-0.15, -0.1) is 0 Å². The molecule has 4 heteroatoms. The summed E-state index contributed by atoms with van der Waals surface area (Å²) in [6.07, 6.45) is 0. The molecule has 0 amide bonds. The van der Waals surface area contributed by atoms with Crippen LogP contribution in [0.1, 0.15) is 18.5 Å². The SMILES string of the molecule is COc1cc(NC(C)c2ccc(Cl)cc2)cc(OC)c1. The summed E-state index contributed by atoms with van der Waals surface area (Å²) in [6.45, 7) is 2.09. The van der Waals surface area contributed by atoms with Crippen molar-refractivity contribution in [2.45, 2.75) is 13.0 Å². The summed E-state index contributed by atoms with van der Waals surface area (Å²) < 4.78 is 10.5. The molecule has 2 aromatic rings. The van der Waals surface area contributed by atoms with Gasteiger partial charge in [0.2, 0.25) is 0 Å². The molecule has 0 heterocycles. The fourth-order valence-electron chi connectivity index (χ4n) is 1.98. The largest absolute Gasteiger partial charge is 0.497 e. The van der Waals surface area contributed by atoms with Crippen molar-refractivity contribution in [1.29, 1.82) is 0 Å². The number of nitrogens with one attached hydrogen (secondary N) is 1. The van der Waals surface area contributed by atoms with Gasteiger partial charge in [-0.25, -0.2) is 0 Å². The first-order chi connectivity index (χ1) is 9.62. The van der Waals surface area contributed by atoms with E-state index in [0.29, 0.717) is 0 Å². The summed E-state index contributed by atoms with van der Waals surface area (Å²) in [5.74, 6) is 1.52. The first-order valence-electron chi connectivity index (χ1n) is 6.37. The van der Waals surface area contributed by atoms with Gasteiger partial charge in [0.1, 0.15) is 11.5 Å². The number of halogens is 1. The molecule has 0 spiro atoms. The summed E-state index contributed by atoms with van der Waals surface area (Å²) in [4.78, 5) is 0. The highest BCUT2D eigenvalue weighted by atomic mass is 35.5. The number of ether oxygens (including phenoxy) is 2.